The highest BCUT2D eigenvalue weighted by atomic mass is 35.5. The van der Waals surface area contributed by atoms with E-state index in [-0.39, 0.29) is 18.0 Å². The second-order valence-corrected chi connectivity index (χ2v) is 5.74. The van der Waals surface area contributed by atoms with Crippen molar-refractivity contribution in [2.24, 2.45) is 0 Å². The molecule has 2 aliphatic rings. The highest BCUT2D eigenvalue weighted by Gasteiger charge is 2.49. The summed E-state index contributed by atoms with van der Waals surface area (Å²) in [6.07, 6.45) is 5.13. The van der Waals surface area contributed by atoms with Gasteiger partial charge in [-0.25, -0.2) is 0 Å². The Hall–Kier alpha value is -0.730. The van der Waals surface area contributed by atoms with E-state index >= 15 is 0 Å². The van der Waals surface area contributed by atoms with E-state index in [1.54, 1.807) is 0 Å². The Morgan fingerprint density at radius 1 is 1.28 bits per heavy atom. The van der Waals surface area contributed by atoms with E-state index in [0.29, 0.717) is 5.92 Å². The van der Waals surface area contributed by atoms with Gasteiger partial charge in [0, 0.05) is 18.0 Å². The molecular formula is C15H22ClNO. The van der Waals surface area contributed by atoms with Gasteiger partial charge in [-0.2, -0.15) is 0 Å². The first-order chi connectivity index (χ1) is 8.21. The monoisotopic (exact) mass is 267 g/mol. The topological polar surface area (TPSA) is 12.5 Å². The third-order valence-electron chi connectivity index (χ3n) is 4.17. The van der Waals surface area contributed by atoms with Crippen molar-refractivity contribution in [3.63, 3.8) is 0 Å². The molecule has 0 spiro atoms. The minimum absolute atomic E-state index is 0. The average Bonchev–Trinajstić information content (AvgIpc) is 2.61. The van der Waals surface area contributed by atoms with Crippen molar-refractivity contribution in [2.45, 2.75) is 37.2 Å². The third kappa shape index (κ3) is 2.12. The summed E-state index contributed by atoms with van der Waals surface area (Å²) < 4.78 is 6.37. The number of rotatable bonds is 2. The quantitative estimate of drug-likeness (QED) is 0.814. The van der Waals surface area contributed by atoms with Gasteiger partial charge < -0.3 is 9.64 Å². The van der Waals surface area contributed by atoms with Crippen molar-refractivity contribution >= 4 is 12.4 Å². The number of likely N-dealkylation sites (N-methyl/N-ethyl adjacent to an activating group) is 1. The molecule has 1 saturated carbocycles. The molecule has 0 radical (unpaired) electrons. The first-order valence-electron chi connectivity index (χ1n) is 6.64. The fourth-order valence-corrected chi connectivity index (χ4v) is 3.61. The maximum atomic E-state index is 6.37. The summed E-state index contributed by atoms with van der Waals surface area (Å²) in [6, 6.07) is 8.61. The summed E-state index contributed by atoms with van der Waals surface area (Å²) in [7, 11) is 4.29. The van der Waals surface area contributed by atoms with E-state index in [0.717, 1.165) is 12.3 Å². The molecule has 1 aliphatic carbocycles. The largest absolute Gasteiger partial charge is 0.485 e. The summed E-state index contributed by atoms with van der Waals surface area (Å²) in [5, 5.41) is 0. The molecule has 1 aromatic rings. The Morgan fingerprint density at radius 2 is 2.06 bits per heavy atom. The minimum atomic E-state index is 0. The number of halogens is 1. The zero-order valence-corrected chi connectivity index (χ0v) is 12.0. The van der Waals surface area contributed by atoms with Gasteiger partial charge in [-0.3, -0.25) is 0 Å². The smallest absolute Gasteiger partial charge is 0.129 e. The van der Waals surface area contributed by atoms with Crippen LogP contribution in [0.2, 0.25) is 0 Å². The summed E-state index contributed by atoms with van der Waals surface area (Å²) in [5.74, 6) is 1.73. The molecule has 0 unspecified atom stereocenters. The molecule has 1 aliphatic heterocycles. The molecule has 1 aromatic carbocycles. The van der Waals surface area contributed by atoms with Crippen LogP contribution in [0.25, 0.3) is 0 Å². The highest BCUT2D eigenvalue weighted by Crippen LogP contribution is 2.52. The van der Waals surface area contributed by atoms with E-state index in [2.05, 4.69) is 43.3 Å². The van der Waals surface area contributed by atoms with Crippen LogP contribution in [0.15, 0.2) is 24.3 Å². The van der Waals surface area contributed by atoms with Crippen molar-refractivity contribution in [1.29, 1.82) is 0 Å². The number of benzene rings is 1. The molecule has 0 N–H and O–H groups in total. The van der Waals surface area contributed by atoms with Gasteiger partial charge in [-0.05, 0) is 39.4 Å². The Bertz CT molecular complexity index is 421. The van der Waals surface area contributed by atoms with Crippen LogP contribution in [-0.4, -0.2) is 31.1 Å². The minimum Gasteiger partial charge on any atom is -0.485 e. The van der Waals surface area contributed by atoms with E-state index < -0.39 is 0 Å². The Kier molecular flexibility index (Phi) is 3.88. The summed E-state index contributed by atoms with van der Waals surface area (Å²) in [4.78, 5) is 2.27. The summed E-state index contributed by atoms with van der Waals surface area (Å²) in [6.45, 7) is 1.03. The summed E-state index contributed by atoms with van der Waals surface area (Å²) >= 11 is 0. The van der Waals surface area contributed by atoms with Crippen molar-refractivity contribution in [1.82, 2.24) is 4.90 Å². The number of fused-ring (bicyclic) bond motifs is 3. The number of hydrogen-bond acceptors (Lipinski definition) is 2. The molecule has 3 heteroatoms. The second-order valence-electron chi connectivity index (χ2n) is 5.74. The first-order valence-corrected chi connectivity index (χ1v) is 6.64. The SMILES string of the molecule is CN(C)C[C@]12CCCC[C@H]1c1ccccc1O2.Cl. The molecule has 0 aromatic heterocycles. The maximum absolute atomic E-state index is 6.37. The van der Waals surface area contributed by atoms with E-state index in [1.807, 2.05) is 0 Å². The number of para-hydroxylation sites is 1. The fourth-order valence-electron chi connectivity index (χ4n) is 3.61. The van der Waals surface area contributed by atoms with Gasteiger partial charge in [-0.15, -0.1) is 12.4 Å². The number of hydrogen-bond donors (Lipinski definition) is 0. The van der Waals surface area contributed by atoms with Crippen LogP contribution in [0.4, 0.5) is 0 Å². The maximum Gasteiger partial charge on any atom is 0.129 e. The second kappa shape index (κ2) is 5.10. The fraction of sp³-hybridized carbons (Fsp3) is 0.600. The predicted molar refractivity (Wildman–Crippen MR) is 76.8 cm³/mol. The number of ether oxygens (including phenoxy) is 1. The van der Waals surface area contributed by atoms with Gasteiger partial charge >= 0.3 is 0 Å². The standard InChI is InChI=1S/C15H21NO.ClH/c1-16(2)11-15-10-6-5-8-13(15)12-7-3-4-9-14(12)17-15;/h3-4,7,9,13H,5-6,8,10-11H2,1-2H3;1H/t13-,15+;/m0./s1. The molecule has 100 valence electrons. The lowest BCUT2D eigenvalue weighted by Gasteiger charge is -2.40. The Labute approximate surface area is 116 Å². The summed E-state index contributed by atoms with van der Waals surface area (Å²) in [5.41, 5.74) is 1.49. The van der Waals surface area contributed by atoms with Gasteiger partial charge in [-0.1, -0.05) is 24.6 Å². The lowest BCUT2D eigenvalue weighted by atomic mass is 9.73. The third-order valence-corrected chi connectivity index (χ3v) is 4.17. The van der Waals surface area contributed by atoms with Crippen LogP contribution in [0.3, 0.4) is 0 Å². The molecule has 0 saturated heterocycles. The first kappa shape index (κ1) is 13.7. The van der Waals surface area contributed by atoms with Crippen LogP contribution in [0, 0.1) is 0 Å². The van der Waals surface area contributed by atoms with Crippen LogP contribution in [0.1, 0.15) is 37.2 Å². The van der Waals surface area contributed by atoms with Gasteiger partial charge in [0.1, 0.15) is 11.4 Å². The molecule has 2 atom stereocenters. The van der Waals surface area contributed by atoms with Crippen molar-refractivity contribution in [3.8, 4) is 5.75 Å². The molecule has 1 fully saturated rings. The molecular weight excluding hydrogens is 246 g/mol. The van der Waals surface area contributed by atoms with Crippen LogP contribution >= 0.6 is 12.4 Å². The van der Waals surface area contributed by atoms with Crippen LogP contribution < -0.4 is 4.74 Å². The molecule has 3 rings (SSSR count). The molecule has 1 heterocycles. The zero-order chi connectivity index (χ0) is 11.9. The molecule has 0 amide bonds. The number of nitrogens with zero attached hydrogens (tertiary/aromatic N) is 1. The highest BCUT2D eigenvalue weighted by molar-refractivity contribution is 5.85. The Balaban J connectivity index is 0.00000120. The van der Waals surface area contributed by atoms with E-state index in [4.69, 9.17) is 4.74 Å². The lowest BCUT2D eigenvalue weighted by molar-refractivity contribution is 0.0125. The van der Waals surface area contributed by atoms with E-state index in [9.17, 15) is 0 Å². The van der Waals surface area contributed by atoms with Crippen molar-refractivity contribution in [3.05, 3.63) is 29.8 Å². The van der Waals surface area contributed by atoms with Crippen LogP contribution in [0.5, 0.6) is 5.75 Å². The molecule has 18 heavy (non-hydrogen) atoms. The van der Waals surface area contributed by atoms with Gasteiger partial charge in [0.05, 0.1) is 0 Å². The van der Waals surface area contributed by atoms with E-state index in [1.165, 1.54) is 31.2 Å². The van der Waals surface area contributed by atoms with Gasteiger partial charge in [0.15, 0.2) is 0 Å². The Morgan fingerprint density at radius 3 is 2.83 bits per heavy atom. The van der Waals surface area contributed by atoms with Gasteiger partial charge in [0.2, 0.25) is 0 Å². The predicted octanol–water partition coefficient (Wildman–Crippen LogP) is 3.46. The zero-order valence-electron chi connectivity index (χ0n) is 11.2. The van der Waals surface area contributed by atoms with Crippen molar-refractivity contribution in [2.75, 3.05) is 20.6 Å². The van der Waals surface area contributed by atoms with Crippen molar-refractivity contribution < 1.29 is 4.74 Å². The average molecular weight is 268 g/mol. The molecule has 2 nitrogen and oxygen atoms in total. The normalized spacial score (nSPS) is 29.2. The molecule has 0 bridgehead atoms. The van der Waals surface area contributed by atoms with Crippen LogP contribution in [-0.2, 0) is 0 Å². The lowest BCUT2D eigenvalue weighted by Crippen LogP contribution is -2.48. The van der Waals surface area contributed by atoms with Gasteiger partial charge in [0.25, 0.3) is 0 Å².